The van der Waals surface area contributed by atoms with Crippen molar-refractivity contribution in [1.82, 2.24) is 10.2 Å². The van der Waals surface area contributed by atoms with E-state index in [1.54, 1.807) is 0 Å². The number of para-hydroxylation sites is 1. The van der Waals surface area contributed by atoms with Gasteiger partial charge in [0.05, 0.1) is 13.1 Å². The average molecular weight is 312 g/mol. The number of rotatable bonds is 5. The van der Waals surface area contributed by atoms with E-state index in [4.69, 9.17) is 0 Å². The molecule has 0 atom stereocenters. The first-order valence-electron chi connectivity index (χ1n) is 7.09. The normalized spacial score (nSPS) is 14.0. The Labute approximate surface area is 131 Å². The second-order valence-corrected chi connectivity index (χ2v) is 4.94. The minimum absolute atomic E-state index is 0. The van der Waals surface area contributed by atoms with Crippen LogP contribution in [-0.4, -0.2) is 42.9 Å². The number of likely N-dealkylation sites (tertiary alicyclic amines) is 1. The Bertz CT molecular complexity index is 447. The lowest BCUT2D eigenvalue weighted by Gasteiger charge is -2.26. The average Bonchev–Trinajstić information content (AvgIpc) is 2.52. The third-order valence-electron chi connectivity index (χ3n) is 3.37. The zero-order chi connectivity index (χ0) is 14.2. The Hall–Kier alpha value is -1.75. The number of hydrogen-bond donors (Lipinski definition) is 2. The van der Waals surface area contributed by atoms with Crippen LogP contribution in [0.15, 0.2) is 30.3 Å². The lowest BCUT2D eigenvalue weighted by atomic mass is 10.1. The van der Waals surface area contributed by atoms with Crippen LogP contribution in [0.3, 0.4) is 0 Å². The number of piperidine rings is 1. The second-order valence-electron chi connectivity index (χ2n) is 4.94. The van der Waals surface area contributed by atoms with E-state index in [1.807, 2.05) is 35.2 Å². The van der Waals surface area contributed by atoms with Gasteiger partial charge in [0.15, 0.2) is 0 Å². The van der Waals surface area contributed by atoms with Crippen LogP contribution < -0.4 is 10.6 Å². The summed E-state index contributed by atoms with van der Waals surface area (Å²) in [5, 5.41) is 5.67. The van der Waals surface area contributed by atoms with Gasteiger partial charge in [-0.25, -0.2) is 0 Å². The second kappa shape index (κ2) is 9.23. The van der Waals surface area contributed by atoms with Crippen molar-refractivity contribution >= 4 is 29.9 Å². The molecule has 1 aromatic rings. The van der Waals surface area contributed by atoms with Crippen molar-refractivity contribution in [3.63, 3.8) is 0 Å². The third-order valence-corrected chi connectivity index (χ3v) is 3.37. The van der Waals surface area contributed by atoms with Crippen LogP contribution in [0.5, 0.6) is 0 Å². The molecule has 0 unspecified atom stereocenters. The number of carbonyl (C=O) groups excluding carboxylic acids is 2. The number of anilines is 1. The highest BCUT2D eigenvalue weighted by Crippen LogP contribution is 2.08. The molecule has 1 aliphatic heterocycles. The number of amides is 2. The number of halogens is 1. The maximum Gasteiger partial charge on any atom is 0.241 e. The van der Waals surface area contributed by atoms with E-state index in [1.165, 1.54) is 6.42 Å². The topological polar surface area (TPSA) is 61.4 Å². The summed E-state index contributed by atoms with van der Waals surface area (Å²) in [6, 6.07) is 9.51. The fourth-order valence-electron chi connectivity index (χ4n) is 2.23. The third kappa shape index (κ3) is 6.04. The van der Waals surface area contributed by atoms with Crippen LogP contribution in [0.25, 0.3) is 0 Å². The van der Waals surface area contributed by atoms with Gasteiger partial charge in [0.1, 0.15) is 0 Å². The van der Waals surface area contributed by atoms with E-state index in [0.29, 0.717) is 0 Å². The van der Waals surface area contributed by atoms with Crippen LogP contribution in [0, 0.1) is 0 Å². The van der Waals surface area contributed by atoms with Gasteiger partial charge in [0.2, 0.25) is 11.8 Å². The van der Waals surface area contributed by atoms with E-state index in [0.717, 1.165) is 31.6 Å². The molecule has 0 aliphatic carbocycles. The summed E-state index contributed by atoms with van der Waals surface area (Å²) >= 11 is 0. The SMILES string of the molecule is Cl.O=C(CNc1ccccc1)NCC(=O)N1CCCCC1. The molecule has 1 saturated heterocycles. The van der Waals surface area contributed by atoms with Crippen molar-refractivity contribution in [2.45, 2.75) is 19.3 Å². The molecule has 0 spiro atoms. The lowest BCUT2D eigenvalue weighted by molar-refractivity contribution is -0.133. The lowest BCUT2D eigenvalue weighted by Crippen LogP contribution is -2.43. The Morgan fingerprint density at radius 3 is 2.33 bits per heavy atom. The van der Waals surface area contributed by atoms with Crippen molar-refractivity contribution in [2.75, 3.05) is 31.5 Å². The predicted octanol–water partition coefficient (Wildman–Crippen LogP) is 1.65. The maximum absolute atomic E-state index is 11.9. The van der Waals surface area contributed by atoms with Gasteiger partial charge in [-0.05, 0) is 31.4 Å². The Morgan fingerprint density at radius 1 is 1.00 bits per heavy atom. The molecule has 1 aromatic carbocycles. The molecular weight excluding hydrogens is 290 g/mol. The summed E-state index contributed by atoms with van der Waals surface area (Å²) in [5.41, 5.74) is 0.894. The minimum atomic E-state index is -0.167. The molecular formula is C15H22ClN3O2. The largest absolute Gasteiger partial charge is 0.376 e. The summed E-state index contributed by atoms with van der Waals surface area (Å²) < 4.78 is 0. The van der Waals surface area contributed by atoms with Crippen LogP contribution >= 0.6 is 12.4 Å². The summed E-state index contributed by atoms with van der Waals surface area (Å²) in [7, 11) is 0. The Kier molecular flexibility index (Phi) is 7.61. The highest BCUT2D eigenvalue weighted by molar-refractivity contribution is 5.86. The highest BCUT2D eigenvalue weighted by atomic mass is 35.5. The van der Waals surface area contributed by atoms with E-state index in [9.17, 15) is 9.59 Å². The zero-order valence-electron chi connectivity index (χ0n) is 12.0. The molecule has 2 rings (SSSR count). The van der Waals surface area contributed by atoms with Gasteiger partial charge in [0.25, 0.3) is 0 Å². The van der Waals surface area contributed by atoms with Crippen molar-refractivity contribution in [3.8, 4) is 0 Å². The molecule has 0 bridgehead atoms. The first-order chi connectivity index (χ1) is 9.75. The molecule has 2 amide bonds. The molecule has 0 aromatic heterocycles. The molecule has 1 aliphatic rings. The van der Waals surface area contributed by atoms with Gasteiger partial charge in [-0.3, -0.25) is 9.59 Å². The van der Waals surface area contributed by atoms with E-state index in [-0.39, 0.29) is 37.3 Å². The van der Waals surface area contributed by atoms with Crippen molar-refractivity contribution in [2.24, 2.45) is 0 Å². The summed E-state index contributed by atoms with van der Waals surface area (Å²) in [6.45, 7) is 1.90. The molecule has 5 nitrogen and oxygen atoms in total. The molecule has 1 heterocycles. The molecule has 21 heavy (non-hydrogen) atoms. The molecule has 1 fully saturated rings. The first-order valence-corrected chi connectivity index (χ1v) is 7.09. The first kappa shape index (κ1) is 17.3. The summed E-state index contributed by atoms with van der Waals surface area (Å²) in [4.78, 5) is 25.4. The number of benzene rings is 1. The van der Waals surface area contributed by atoms with Crippen molar-refractivity contribution in [1.29, 1.82) is 0 Å². The van der Waals surface area contributed by atoms with Gasteiger partial charge < -0.3 is 15.5 Å². The molecule has 116 valence electrons. The van der Waals surface area contributed by atoms with Gasteiger partial charge in [0, 0.05) is 18.8 Å². The van der Waals surface area contributed by atoms with Gasteiger partial charge >= 0.3 is 0 Å². The standard InChI is InChI=1S/C15H21N3O2.ClH/c19-14(11-16-13-7-3-1-4-8-13)17-12-15(20)18-9-5-2-6-10-18;/h1,3-4,7-8,16H,2,5-6,9-12H2,(H,17,19);1H. The Morgan fingerprint density at radius 2 is 1.67 bits per heavy atom. The molecule has 0 saturated carbocycles. The number of nitrogens with one attached hydrogen (secondary N) is 2. The predicted molar refractivity (Wildman–Crippen MR) is 85.6 cm³/mol. The molecule has 2 N–H and O–H groups in total. The van der Waals surface area contributed by atoms with Crippen LogP contribution in [-0.2, 0) is 9.59 Å². The number of hydrogen-bond acceptors (Lipinski definition) is 3. The number of nitrogens with zero attached hydrogens (tertiary/aromatic N) is 1. The van der Waals surface area contributed by atoms with Gasteiger partial charge in [-0.15, -0.1) is 12.4 Å². The summed E-state index contributed by atoms with van der Waals surface area (Å²) in [5.74, 6) is -0.156. The van der Waals surface area contributed by atoms with Crippen LogP contribution in [0.2, 0.25) is 0 Å². The van der Waals surface area contributed by atoms with E-state index < -0.39 is 0 Å². The Balaban J connectivity index is 0.00000220. The van der Waals surface area contributed by atoms with E-state index >= 15 is 0 Å². The zero-order valence-corrected chi connectivity index (χ0v) is 12.8. The molecule has 6 heteroatoms. The fourth-order valence-corrected chi connectivity index (χ4v) is 2.23. The smallest absolute Gasteiger partial charge is 0.241 e. The van der Waals surface area contributed by atoms with Crippen LogP contribution in [0.1, 0.15) is 19.3 Å². The highest BCUT2D eigenvalue weighted by Gasteiger charge is 2.16. The quantitative estimate of drug-likeness (QED) is 0.869. The van der Waals surface area contributed by atoms with Crippen molar-refractivity contribution < 1.29 is 9.59 Å². The van der Waals surface area contributed by atoms with Gasteiger partial charge in [-0.2, -0.15) is 0 Å². The number of carbonyl (C=O) groups is 2. The fraction of sp³-hybridized carbons (Fsp3) is 0.467. The minimum Gasteiger partial charge on any atom is -0.376 e. The van der Waals surface area contributed by atoms with E-state index in [2.05, 4.69) is 10.6 Å². The molecule has 0 radical (unpaired) electrons. The van der Waals surface area contributed by atoms with Crippen molar-refractivity contribution in [3.05, 3.63) is 30.3 Å². The van der Waals surface area contributed by atoms with Gasteiger partial charge in [-0.1, -0.05) is 18.2 Å². The maximum atomic E-state index is 11.9. The monoisotopic (exact) mass is 311 g/mol. The summed E-state index contributed by atoms with van der Waals surface area (Å²) in [6.07, 6.45) is 3.32. The van der Waals surface area contributed by atoms with Crippen LogP contribution in [0.4, 0.5) is 5.69 Å².